The summed E-state index contributed by atoms with van der Waals surface area (Å²) < 4.78 is 1.30. The van der Waals surface area contributed by atoms with E-state index in [1.165, 1.54) is 10.9 Å². The monoisotopic (exact) mass is 376 g/mol. The van der Waals surface area contributed by atoms with Crippen LogP contribution in [0.1, 0.15) is 12.8 Å². The standard InChI is InChI=1S/C21H20N4O3/c26-19(13-24-14-22-17-10-5-4-9-16(17)21(24)28)25-12-6-11-18(25)20(27)23-15-7-2-1-3-8-15/h1-5,7-10,14,18H,6,11-13H2,(H,23,27)/t18-/m0/s1. The van der Waals surface area contributed by atoms with E-state index in [1.807, 2.05) is 24.3 Å². The molecule has 0 radical (unpaired) electrons. The molecule has 7 heteroatoms. The molecule has 2 amide bonds. The van der Waals surface area contributed by atoms with Crippen LogP contribution in [-0.2, 0) is 16.1 Å². The van der Waals surface area contributed by atoms with Gasteiger partial charge in [0.05, 0.1) is 17.2 Å². The number of likely N-dealkylation sites (tertiary alicyclic amines) is 1. The Balaban J connectivity index is 1.50. The second-order valence-electron chi connectivity index (χ2n) is 6.80. The molecule has 0 bridgehead atoms. The molecule has 2 aromatic carbocycles. The van der Waals surface area contributed by atoms with E-state index in [0.717, 1.165) is 6.42 Å². The highest BCUT2D eigenvalue weighted by Crippen LogP contribution is 2.20. The first-order valence-corrected chi connectivity index (χ1v) is 9.23. The first-order valence-electron chi connectivity index (χ1n) is 9.23. The Labute approximate surface area is 161 Å². The van der Waals surface area contributed by atoms with E-state index >= 15 is 0 Å². The van der Waals surface area contributed by atoms with Crippen LogP contribution >= 0.6 is 0 Å². The summed E-state index contributed by atoms with van der Waals surface area (Å²) in [6.07, 6.45) is 2.75. The maximum absolute atomic E-state index is 12.8. The third-order valence-electron chi connectivity index (χ3n) is 4.95. The molecule has 1 atom stereocenters. The van der Waals surface area contributed by atoms with Crippen molar-refractivity contribution in [3.05, 3.63) is 71.3 Å². The Bertz CT molecular complexity index is 1080. The molecule has 4 rings (SSSR count). The summed E-state index contributed by atoms with van der Waals surface area (Å²) >= 11 is 0. The van der Waals surface area contributed by atoms with Crippen molar-refractivity contribution in [3.8, 4) is 0 Å². The molecule has 7 nitrogen and oxygen atoms in total. The molecule has 1 aliphatic heterocycles. The van der Waals surface area contributed by atoms with Crippen molar-refractivity contribution in [3.63, 3.8) is 0 Å². The maximum Gasteiger partial charge on any atom is 0.261 e. The largest absolute Gasteiger partial charge is 0.329 e. The molecular weight excluding hydrogens is 356 g/mol. The van der Waals surface area contributed by atoms with E-state index in [1.54, 1.807) is 35.2 Å². The number of hydrogen-bond acceptors (Lipinski definition) is 4. The SMILES string of the molecule is O=C(Nc1ccccc1)[C@@H]1CCCN1C(=O)Cn1cnc2ccccc2c1=O. The number of anilines is 1. The normalized spacial score (nSPS) is 16.3. The van der Waals surface area contributed by atoms with Gasteiger partial charge in [-0.25, -0.2) is 4.98 Å². The zero-order chi connectivity index (χ0) is 19.5. The van der Waals surface area contributed by atoms with Gasteiger partial charge in [0.15, 0.2) is 0 Å². The number of para-hydroxylation sites is 2. The van der Waals surface area contributed by atoms with Crippen LogP contribution in [0.25, 0.3) is 10.9 Å². The lowest BCUT2D eigenvalue weighted by Gasteiger charge is -2.24. The van der Waals surface area contributed by atoms with Gasteiger partial charge in [-0.15, -0.1) is 0 Å². The molecule has 0 saturated carbocycles. The van der Waals surface area contributed by atoms with Crippen LogP contribution in [0.5, 0.6) is 0 Å². The summed E-state index contributed by atoms with van der Waals surface area (Å²) in [7, 11) is 0. The molecule has 1 aromatic heterocycles. The average molecular weight is 376 g/mol. The van der Waals surface area contributed by atoms with E-state index in [9.17, 15) is 14.4 Å². The van der Waals surface area contributed by atoms with Gasteiger partial charge in [0.1, 0.15) is 12.6 Å². The Morgan fingerprint density at radius 3 is 2.64 bits per heavy atom. The van der Waals surface area contributed by atoms with Crippen LogP contribution < -0.4 is 10.9 Å². The molecule has 0 unspecified atom stereocenters. The Morgan fingerprint density at radius 1 is 1.07 bits per heavy atom. The summed E-state index contributed by atoms with van der Waals surface area (Å²) in [6.45, 7) is 0.368. The summed E-state index contributed by atoms with van der Waals surface area (Å²) in [5, 5.41) is 3.32. The minimum Gasteiger partial charge on any atom is -0.329 e. The quantitative estimate of drug-likeness (QED) is 0.755. The van der Waals surface area contributed by atoms with E-state index in [4.69, 9.17) is 0 Å². The lowest BCUT2D eigenvalue weighted by atomic mass is 10.2. The van der Waals surface area contributed by atoms with Gasteiger partial charge in [-0.3, -0.25) is 19.0 Å². The summed E-state index contributed by atoms with van der Waals surface area (Å²) in [5.41, 5.74) is 1.03. The van der Waals surface area contributed by atoms with Crippen LogP contribution in [0.4, 0.5) is 5.69 Å². The third-order valence-corrected chi connectivity index (χ3v) is 4.95. The number of nitrogens with one attached hydrogen (secondary N) is 1. The highest BCUT2D eigenvalue weighted by molar-refractivity contribution is 5.97. The number of carbonyl (C=O) groups is 2. The Morgan fingerprint density at radius 2 is 1.82 bits per heavy atom. The number of aromatic nitrogens is 2. The van der Waals surface area contributed by atoms with Crippen LogP contribution in [0, 0.1) is 0 Å². The Kier molecular flexibility index (Phi) is 4.89. The number of carbonyl (C=O) groups excluding carboxylic acids is 2. The van der Waals surface area contributed by atoms with Gasteiger partial charge in [-0.05, 0) is 37.1 Å². The minimum atomic E-state index is -0.531. The molecule has 1 saturated heterocycles. The summed E-state index contributed by atoms with van der Waals surface area (Å²) in [6, 6.07) is 15.7. The zero-order valence-corrected chi connectivity index (χ0v) is 15.2. The van der Waals surface area contributed by atoms with Crippen molar-refractivity contribution in [1.82, 2.24) is 14.5 Å². The molecule has 0 spiro atoms. The van der Waals surface area contributed by atoms with Crippen LogP contribution in [0.2, 0.25) is 0 Å². The molecule has 28 heavy (non-hydrogen) atoms. The average Bonchev–Trinajstić information content (AvgIpc) is 3.21. The van der Waals surface area contributed by atoms with Crippen LogP contribution in [0.3, 0.4) is 0 Å². The fourth-order valence-electron chi connectivity index (χ4n) is 3.54. The van der Waals surface area contributed by atoms with Crippen molar-refractivity contribution < 1.29 is 9.59 Å². The lowest BCUT2D eigenvalue weighted by Crippen LogP contribution is -2.45. The molecule has 2 heterocycles. The number of benzene rings is 2. The van der Waals surface area contributed by atoms with Crippen molar-refractivity contribution in [2.24, 2.45) is 0 Å². The van der Waals surface area contributed by atoms with Crippen molar-refractivity contribution in [2.45, 2.75) is 25.4 Å². The van der Waals surface area contributed by atoms with Crippen LogP contribution in [-0.4, -0.2) is 38.9 Å². The first-order chi connectivity index (χ1) is 13.6. The van der Waals surface area contributed by atoms with Crippen LogP contribution in [0.15, 0.2) is 65.7 Å². The maximum atomic E-state index is 12.8. The van der Waals surface area contributed by atoms with Gasteiger partial charge in [-0.2, -0.15) is 0 Å². The third kappa shape index (κ3) is 3.51. The van der Waals surface area contributed by atoms with Gasteiger partial charge in [-0.1, -0.05) is 30.3 Å². The summed E-state index contributed by atoms with van der Waals surface area (Å²) in [4.78, 5) is 43.9. The van der Waals surface area contributed by atoms with Crippen molar-refractivity contribution >= 4 is 28.4 Å². The molecule has 142 valence electrons. The van der Waals surface area contributed by atoms with Gasteiger partial charge in [0.25, 0.3) is 5.56 Å². The fourth-order valence-corrected chi connectivity index (χ4v) is 3.54. The van der Waals surface area contributed by atoms with Gasteiger partial charge in [0, 0.05) is 12.2 Å². The molecule has 1 fully saturated rings. The predicted molar refractivity (Wildman–Crippen MR) is 106 cm³/mol. The molecule has 1 aliphatic rings. The van der Waals surface area contributed by atoms with E-state index < -0.39 is 6.04 Å². The van der Waals surface area contributed by atoms with Gasteiger partial charge >= 0.3 is 0 Å². The highest BCUT2D eigenvalue weighted by atomic mass is 16.2. The first kappa shape index (κ1) is 17.9. The minimum absolute atomic E-state index is 0.133. The van der Waals surface area contributed by atoms with Crippen molar-refractivity contribution in [2.75, 3.05) is 11.9 Å². The predicted octanol–water partition coefficient (Wildman–Crippen LogP) is 2.03. The molecule has 0 aliphatic carbocycles. The number of hydrogen-bond donors (Lipinski definition) is 1. The smallest absolute Gasteiger partial charge is 0.261 e. The summed E-state index contributed by atoms with van der Waals surface area (Å²) in [5.74, 6) is -0.467. The highest BCUT2D eigenvalue weighted by Gasteiger charge is 2.34. The van der Waals surface area contributed by atoms with E-state index in [0.29, 0.717) is 29.6 Å². The molecule has 3 aromatic rings. The van der Waals surface area contributed by atoms with E-state index in [-0.39, 0.29) is 23.9 Å². The number of nitrogens with zero attached hydrogens (tertiary/aromatic N) is 3. The second kappa shape index (κ2) is 7.64. The number of rotatable bonds is 4. The zero-order valence-electron chi connectivity index (χ0n) is 15.2. The fraction of sp³-hybridized carbons (Fsp3) is 0.238. The van der Waals surface area contributed by atoms with Gasteiger partial charge < -0.3 is 10.2 Å². The Hall–Kier alpha value is -3.48. The van der Waals surface area contributed by atoms with Crippen molar-refractivity contribution in [1.29, 1.82) is 0 Å². The molecule has 1 N–H and O–H groups in total. The number of fused-ring (bicyclic) bond motifs is 1. The second-order valence-corrected chi connectivity index (χ2v) is 6.80. The molecular formula is C21H20N4O3. The van der Waals surface area contributed by atoms with Gasteiger partial charge in [0.2, 0.25) is 11.8 Å². The topological polar surface area (TPSA) is 84.3 Å². The van der Waals surface area contributed by atoms with E-state index in [2.05, 4.69) is 10.3 Å². The lowest BCUT2D eigenvalue weighted by molar-refractivity contribution is -0.137. The number of amides is 2.